The average Bonchev–Trinajstić information content (AvgIpc) is 2.95. The van der Waals surface area contributed by atoms with Gasteiger partial charge in [0.1, 0.15) is 5.82 Å². The van der Waals surface area contributed by atoms with Crippen molar-refractivity contribution in [3.8, 4) is 0 Å². The normalized spacial score (nSPS) is 14.2. The summed E-state index contributed by atoms with van der Waals surface area (Å²) in [5.74, 6) is -0.360. The van der Waals surface area contributed by atoms with E-state index < -0.39 is 0 Å². The zero-order valence-electron chi connectivity index (χ0n) is 11.7. The molecule has 0 bridgehead atoms. The van der Waals surface area contributed by atoms with E-state index in [-0.39, 0.29) is 16.9 Å². The highest BCUT2D eigenvalue weighted by molar-refractivity contribution is 7.10. The first-order chi connectivity index (χ1) is 9.61. The quantitative estimate of drug-likeness (QED) is 0.718. The Bertz CT molecular complexity index is 541. The van der Waals surface area contributed by atoms with Gasteiger partial charge in [-0.15, -0.1) is 11.3 Å². The molecule has 0 aliphatic carbocycles. The van der Waals surface area contributed by atoms with Crippen LogP contribution in [0.5, 0.6) is 0 Å². The number of nitrogens with one attached hydrogen (secondary N) is 1. The monoisotopic (exact) mass is 311 g/mol. The lowest BCUT2D eigenvalue weighted by Crippen LogP contribution is -2.24. The van der Waals surface area contributed by atoms with Gasteiger partial charge >= 0.3 is 0 Å². The van der Waals surface area contributed by atoms with Gasteiger partial charge in [0.2, 0.25) is 0 Å². The van der Waals surface area contributed by atoms with Crippen molar-refractivity contribution in [2.24, 2.45) is 0 Å². The van der Waals surface area contributed by atoms with Gasteiger partial charge in [0.05, 0.1) is 5.02 Å². The van der Waals surface area contributed by atoms with Gasteiger partial charge in [0, 0.05) is 17.0 Å². The van der Waals surface area contributed by atoms with Crippen LogP contribution < -0.4 is 5.32 Å². The molecule has 0 saturated carbocycles. The number of hydrogen-bond donors (Lipinski definition) is 1. The summed E-state index contributed by atoms with van der Waals surface area (Å²) < 4.78 is 13.5. The fourth-order valence-corrected chi connectivity index (χ4v) is 3.20. The Morgan fingerprint density at radius 2 is 2.15 bits per heavy atom. The second kappa shape index (κ2) is 7.21. The Hall–Kier alpha value is -0.900. The van der Waals surface area contributed by atoms with E-state index in [9.17, 15) is 4.39 Å². The minimum absolute atomic E-state index is 0.0837. The molecular weight excluding hydrogens is 293 g/mol. The predicted octanol–water partition coefficient (Wildman–Crippen LogP) is 5.73. The Labute approximate surface area is 128 Å². The fourth-order valence-electron chi connectivity index (χ4n) is 2.27. The second-order valence-electron chi connectivity index (χ2n) is 4.92. The standard InChI is InChI=1S/C16H19ClFNS/c1-3-5-15(16-6-4-9-20-16)19-11(2)12-7-8-13(17)14(18)10-12/h4,6-11,15,19H,3,5H2,1-2H3. The van der Waals surface area contributed by atoms with Crippen LogP contribution in [0.4, 0.5) is 4.39 Å². The largest absolute Gasteiger partial charge is 0.303 e. The average molecular weight is 312 g/mol. The molecule has 1 aromatic heterocycles. The smallest absolute Gasteiger partial charge is 0.142 e. The molecule has 20 heavy (non-hydrogen) atoms. The van der Waals surface area contributed by atoms with Crippen molar-refractivity contribution < 1.29 is 4.39 Å². The van der Waals surface area contributed by atoms with Gasteiger partial charge in [-0.1, -0.05) is 37.1 Å². The molecule has 1 heterocycles. The molecule has 0 saturated heterocycles. The van der Waals surface area contributed by atoms with Crippen molar-refractivity contribution in [1.29, 1.82) is 0 Å². The number of hydrogen-bond acceptors (Lipinski definition) is 2. The van der Waals surface area contributed by atoms with E-state index in [1.807, 2.05) is 6.07 Å². The number of benzene rings is 1. The molecule has 2 rings (SSSR count). The van der Waals surface area contributed by atoms with Crippen molar-refractivity contribution >= 4 is 22.9 Å². The number of halogens is 2. The van der Waals surface area contributed by atoms with Gasteiger partial charge in [0.25, 0.3) is 0 Å². The molecule has 2 atom stereocenters. The molecule has 0 fully saturated rings. The van der Waals surface area contributed by atoms with Crippen molar-refractivity contribution in [3.05, 3.63) is 57.0 Å². The van der Waals surface area contributed by atoms with Gasteiger partial charge in [-0.2, -0.15) is 0 Å². The van der Waals surface area contributed by atoms with Crippen molar-refractivity contribution in [3.63, 3.8) is 0 Å². The van der Waals surface area contributed by atoms with Crippen LogP contribution in [0.2, 0.25) is 5.02 Å². The molecule has 4 heteroatoms. The van der Waals surface area contributed by atoms with Gasteiger partial charge in [-0.05, 0) is 42.5 Å². The maximum absolute atomic E-state index is 13.5. The third kappa shape index (κ3) is 3.81. The first-order valence-corrected chi connectivity index (χ1v) is 8.12. The molecule has 108 valence electrons. The summed E-state index contributed by atoms with van der Waals surface area (Å²) in [5, 5.41) is 5.84. The Morgan fingerprint density at radius 3 is 2.75 bits per heavy atom. The zero-order chi connectivity index (χ0) is 14.5. The first kappa shape index (κ1) is 15.5. The number of thiophene rings is 1. The summed E-state index contributed by atoms with van der Waals surface area (Å²) in [7, 11) is 0. The highest BCUT2D eigenvalue weighted by Gasteiger charge is 2.16. The third-order valence-corrected chi connectivity index (χ3v) is 4.65. The molecule has 1 nitrogen and oxygen atoms in total. The van der Waals surface area contributed by atoms with Crippen molar-refractivity contribution in [2.45, 2.75) is 38.8 Å². The van der Waals surface area contributed by atoms with E-state index in [2.05, 4.69) is 36.7 Å². The van der Waals surface area contributed by atoms with Crippen LogP contribution in [0.3, 0.4) is 0 Å². The van der Waals surface area contributed by atoms with Crippen LogP contribution in [0.25, 0.3) is 0 Å². The molecule has 0 radical (unpaired) electrons. The molecule has 2 unspecified atom stereocenters. The minimum Gasteiger partial charge on any atom is -0.303 e. The first-order valence-electron chi connectivity index (χ1n) is 6.86. The molecule has 0 spiro atoms. The molecule has 2 aromatic rings. The Balaban J connectivity index is 2.11. The van der Waals surface area contributed by atoms with E-state index >= 15 is 0 Å². The van der Waals surface area contributed by atoms with Crippen molar-refractivity contribution in [1.82, 2.24) is 5.32 Å². The SMILES string of the molecule is CCCC(NC(C)c1ccc(Cl)c(F)c1)c1cccs1. The lowest BCUT2D eigenvalue weighted by atomic mass is 10.0. The highest BCUT2D eigenvalue weighted by atomic mass is 35.5. The topological polar surface area (TPSA) is 12.0 Å². The number of rotatable bonds is 6. The van der Waals surface area contributed by atoms with Crippen LogP contribution in [0.1, 0.15) is 49.2 Å². The molecule has 1 N–H and O–H groups in total. The van der Waals surface area contributed by atoms with Crippen LogP contribution in [0, 0.1) is 5.82 Å². The maximum atomic E-state index is 13.5. The van der Waals surface area contributed by atoms with E-state index in [0.717, 1.165) is 18.4 Å². The summed E-state index contributed by atoms with van der Waals surface area (Å²) in [6.45, 7) is 4.23. The fraction of sp³-hybridized carbons (Fsp3) is 0.375. The molecular formula is C16H19ClFNS. The van der Waals surface area contributed by atoms with Crippen LogP contribution >= 0.6 is 22.9 Å². The lowest BCUT2D eigenvalue weighted by molar-refractivity contribution is 0.443. The third-order valence-electron chi connectivity index (χ3n) is 3.36. The molecule has 0 aliphatic rings. The van der Waals surface area contributed by atoms with Crippen LogP contribution in [-0.2, 0) is 0 Å². The summed E-state index contributed by atoms with van der Waals surface area (Å²) in [6, 6.07) is 9.61. The van der Waals surface area contributed by atoms with Crippen LogP contribution in [-0.4, -0.2) is 0 Å². The van der Waals surface area contributed by atoms with Crippen molar-refractivity contribution in [2.75, 3.05) is 0 Å². The van der Waals surface area contributed by atoms with Gasteiger partial charge in [-0.25, -0.2) is 4.39 Å². The zero-order valence-corrected chi connectivity index (χ0v) is 13.3. The van der Waals surface area contributed by atoms with Gasteiger partial charge in [-0.3, -0.25) is 0 Å². The van der Waals surface area contributed by atoms with Crippen LogP contribution in [0.15, 0.2) is 35.7 Å². The van der Waals surface area contributed by atoms with E-state index in [0.29, 0.717) is 6.04 Å². The van der Waals surface area contributed by atoms with E-state index in [4.69, 9.17) is 11.6 Å². The summed E-state index contributed by atoms with van der Waals surface area (Å²) in [4.78, 5) is 1.33. The maximum Gasteiger partial charge on any atom is 0.142 e. The highest BCUT2D eigenvalue weighted by Crippen LogP contribution is 2.27. The Morgan fingerprint density at radius 1 is 1.35 bits per heavy atom. The second-order valence-corrected chi connectivity index (χ2v) is 6.31. The molecule has 0 amide bonds. The van der Waals surface area contributed by atoms with Gasteiger partial charge in [0.15, 0.2) is 0 Å². The summed E-state index contributed by atoms with van der Waals surface area (Å²) >= 11 is 7.48. The summed E-state index contributed by atoms with van der Waals surface area (Å²) in [5.41, 5.74) is 0.921. The molecule has 0 aliphatic heterocycles. The van der Waals surface area contributed by atoms with Gasteiger partial charge < -0.3 is 5.32 Å². The summed E-state index contributed by atoms with van der Waals surface area (Å²) in [6.07, 6.45) is 2.18. The van der Waals surface area contributed by atoms with E-state index in [1.54, 1.807) is 17.4 Å². The predicted molar refractivity (Wildman–Crippen MR) is 84.9 cm³/mol. The Kier molecular flexibility index (Phi) is 5.58. The van der Waals surface area contributed by atoms with E-state index in [1.165, 1.54) is 10.9 Å². The lowest BCUT2D eigenvalue weighted by Gasteiger charge is -2.22. The minimum atomic E-state index is -0.360. The molecule has 1 aromatic carbocycles.